The number of aromatic nitrogens is 2. The van der Waals surface area contributed by atoms with Gasteiger partial charge in [-0.1, -0.05) is 24.3 Å². The van der Waals surface area contributed by atoms with Crippen LogP contribution in [0.2, 0.25) is 0 Å². The lowest BCUT2D eigenvalue weighted by atomic mass is 9.58. The summed E-state index contributed by atoms with van der Waals surface area (Å²) in [6.07, 6.45) is 1.69. The predicted molar refractivity (Wildman–Crippen MR) is 144 cm³/mol. The van der Waals surface area contributed by atoms with Gasteiger partial charge in [-0.25, -0.2) is 4.79 Å². The number of aromatic amines is 1. The maximum absolute atomic E-state index is 14.6. The summed E-state index contributed by atoms with van der Waals surface area (Å²) in [7, 11) is 5.95. The number of urea groups is 1. The normalized spacial score (nSPS) is 20.3. The lowest BCUT2D eigenvalue weighted by Gasteiger charge is -2.53. The lowest BCUT2D eigenvalue weighted by Crippen LogP contribution is -2.68. The Labute approximate surface area is 224 Å². The molecule has 2 aliphatic rings. The van der Waals surface area contributed by atoms with E-state index in [4.69, 9.17) is 9.47 Å². The number of nitrogens with zero attached hydrogens (tertiary/aromatic N) is 3. The molecular formula is C29H27N5O5. The number of anilines is 1. The second kappa shape index (κ2) is 8.87. The predicted octanol–water partition coefficient (Wildman–Crippen LogP) is 3.92. The van der Waals surface area contributed by atoms with Crippen LogP contribution in [-0.2, 0) is 9.59 Å². The number of carbonyl (C=O) groups is 3. The van der Waals surface area contributed by atoms with Gasteiger partial charge >= 0.3 is 6.03 Å². The van der Waals surface area contributed by atoms with Crippen LogP contribution in [0.5, 0.6) is 11.5 Å². The Hall–Kier alpha value is -4.86. The molecule has 10 nitrogen and oxygen atoms in total. The van der Waals surface area contributed by atoms with Gasteiger partial charge in [-0.2, -0.15) is 5.10 Å². The maximum Gasteiger partial charge on any atom is 0.332 e. The van der Waals surface area contributed by atoms with E-state index >= 15 is 0 Å². The zero-order valence-corrected chi connectivity index (χ0v) is 21.9. The number of methoxy groups -OCH3 is 2. The molecule has 0 bridgehead atoms. The molecule has 1 spiro atoms. The highest BCUT2D eigenvalue weighted by Gasteiger charge is 2.67. The summed E-state index contributed by atoms with van der Waals surface area (Å²) in [4.78, 5) is 44.2. The summed E-state index contributed by atoms with van der Waals surface area (Å²) in [5.74, 6) is -0.857. The Kier molecular flexibility index (Phi) is 5.56. The first-order chi connectivity index (χ1) is 18.8. The molecule has 2 N–H and O–H groups in total. The van der Waals surface area contributed by atoms with Gasteiger partial charge in [0.1, 0.15) is 11.5 Å². The van der Waals surface area contributed by atoms with Gasteiger partial charge in [-0.15, -0.1) is 0 Å². The molecule has 4 amide bonds. The van der Waals surface area contributed by atoms with Crippen LogP contribution in [-0.4, -0.2) is 66.2 Å². The van der Waals surface area contributed by atoms with Crippen LogP contribution in [0, 0.1) is 5.41 Å². The zero-order chi connectivity index (χ0) is 27.5. The third-order valence-electron chi connectivity index (χ3n) is 7.91. The molecule has 2 aliphatic heterocycles. The molecule has 1 fully saturated rings. The number of fused-ring (bicyclic) bond motifs is 3. The molecule has 1 saturated heterocycles. The van der Waals surface area contributed by atoms with Crippen molar-refractivity contribution in [3.05, 3.63) is 83.6 Å². The van der Waals surface area contributed by atoms with Gasteiger partial charge < -0.3 is 14.8 Å². The fourth-order valence-electron chi connectivity index (χ4n) is 6.10. The van der Waals surface area contributed by atoms with Gasteiger partial charge in [0.25, 0.3) is 0 Å². The zero-order valence-electron chi connectivity index (χ0n) is 21.9. The second-order valence-electron chi connectivity index (χ2n) is 9.80. The minimum absolute atomic E-state index is 0.576. The molecule has 3 heterocycles. The number of amides is 4. The molecule has 198 valence electrons. The van der Waals surface area contributed by atoms with Gasteiger partial charge in [0.05, 0.1) is 32.0 Å². The highest BCUT2D eigenvalue weighted by molar-refractivity contribution is 6.21. The van der Waals surface area contributed by atoms with E-state index in [9.17, 15) is 14.4 Å². The number of nitrogens with one attached hydrogen (secondary N) is 2. The fourth-order valence-corrected chi connectivity index (χ4v) is 6.10. The first-order valence-electron chi connectivity index (χ1n) is 12.4. The van der Waals surface area contributed by atoms with Crippen molar-refractivity contribution in [2.45, 2.75) is 12.0 Å². The summed E-state index contributed by atoms with van der Waals surface area (Å²) in [6, 6.07) is 16.9. The van der Waals surface area contributed by atoms with Crippen molar-refractivity contribution in [2.75, 3.05) is 33.6 Å². The van der Waals surface area contributed by atoms with Gasteiger partial charge in [0, 0.05) is 31.1 Å². The molecule has 0 aliphatic carbocycles. The SMILES string of the molecule is COc1cccc([C@@H]2c3c(ccc4[nH]ncc34)N[C@H](c3cccc(OC)c3)C23C(=O)N(C)C(=O)N(C)C3=O)c1. The Balaban J connectivity index is 1.76. The smallest absolute Gasteiger partial charge is 0.332 e. The largest absolute Gasteiger partial charge is 0.497 e. The van der Waals surface area contributed by atoms with E-state index < -0.39 is 35.2 Å². The standard InChI is InChI=1S/C29H27N5O5/c1-33-26(35)29(27(36)34(2)28(33)37)24(16-7-5-9-18(13-16)38-3)23-20-15-30-32-21(20)11-12-22(23)31-25(29)17-8-6-10-19(14-17)39-4/h5-15,24-25,31H,1-4H3,(H,30,32)/t24-,25-/m1/s1. The van der Waals surface area contributed by atoms with E-state index in [0.717, 1.165) is 32.0 Å². The third kappa shape index (κ3) is 3.34. The van der Waals surface area contributed by atoms with Crippen molar-refractivity contribution in [2.24, 2.45) is 5.41 Å². The number of benzene rings is 3. The van der Waals surface area contributed by atoms with Gasteiger partial charge in [-0.05, 0) is 53.1 Å². The highest BCUT2D eigenvalue weighted by atomic mass is 16.5. The Morgan fingerprint density at radius 2 is 1.46 bits per heavy atom. The van der Waals surface area contributed by atoms with Crippen molar-refractivity contribution < 1.29 is 23.9 Å². The Morgan fingerprint density at radius 3 is 2.10 bits per heavy atom. The molecule has 0 saturated carbocycles. The number of carbonyl (C=O) groups excluding carboxylic acids is 3. The lowest BCUT2D eigenvalue weighted by molar-refractivity contribution is -0.160. The van der Waals surface area contributed by atoms with E-state index in [-0.39, 0.29) is 0 Å². The van der Waals surface area contributed by atoms with E-state index in [1.165, 1.54) is 14.1 Å². The van der Waals surface area contributed by atoms with Crippen molar-refractivity contribution in [3.8, 4) is 11.5 Å². The summed E-state index contributed by atoms with van der Waals surface area (Å²) >= 11 is 0. The van der Waals surface area contributed by atoms with Crippen molar-refractivity contribution in [3.63, 3.8) is 0 Å². The average molecular weight is 526 g/mol. The molecular weight excluding hydrogens is 498 g/mol. The number of hydrogen-bond donors (Lipinski definition) is 2. The summed E-state index contributed by atoms with van der Waals surface area (Å²) < 4.78 is 11.0. The van der Waals surface area contributed by atoms with Crippen molar-refractivity contribution in [1.29, 1.82) is 0 Å². The minimum Gasteiger partial charge on any atom is -0.497 e. The highest BCUT2D eigenvalue weighted by Crippen LogP contribution is 2.60. The van der Waals surface area contributed by atoms with E-state index in [1.807, 2.05) is 48.5 Å². The number of hydrogen-bond acceptors (Lipinski definition) is 7. The molecule has 0 radical (unpaired) electrons. The number of H-pyrrole nitrogens is 1. The van der Waals surface area contributed by atoms with Gasteiger partial charge in [0.15, 0.2) is 5.41 Å². The first-order valence-corrected chi connectivity index (χ1v) is 12.4. The Morgan fingerprint density at radius 1 is 0.846 bits per heavy atom. The van der Waals surface area contributed by atoms with E-state index in [1.54, 1.807) is 32.5 Å². The van der Waals surface area contributed by atoms with Crippen LogP contribution in [0.15, 0.2) is 66.9 Å². The molecule has 3 aromatic carbocycles. The number of imide groups is 2. The Bertz CT molecular complexity index is 1620. The number of rotatable bonds is 4. The van der Waals surface area contributed by atoms with Crippen molar-refractivity contribution in [1.82, 2.24) is 20.0 Å². The van der Waals surface area contributed by atoms with Crippen molar-refractivity contribution >= 4 is 34.4 Å². The summed E-state index contributed by atoms with van der Waals surface area (Å²) in [5, 5.41) is 11.5. The summed E-state index contributed by atoms with van der Waals surface area (Å²) in [6.45, 7) is 0. The molecule has 2 atom stereocenters. The first kappa shape index (κ1) is 24.5. The molecule has 4 aromatic rings. The molecule has 6 rings (SSSR count). The van der Waals surface area contributed by atoms with Gasteiger partial charge in [0.2, 0.25) is 11.8 Å². The van der Waals surface area contributed by atoms with Crippen LogP contribution in [0.3, 0.4) is 0 Å². The second-order valence-corrected chi connectivity index (χ2v) is 9.80. The topological polar surface area (TPSA) is 117 Å². The molecule has 39 heavy (non-hydrogen) atoms. The summed E-state index contributed by atoms with van der Waals surface area (Å²) in [5.41, 5.74) is 1.81. The monoisotopic (exact) mass is 525 g/mol. The molecule has 0 unspecified atom stereocenters. The fraction of sp³-hybridized carbons (Fsp3) is 0.241. The van der Waals surface area contributed by atoms with Crippen LogP contribution < -0.4 is 14.8 Å². The molecule has 10 heteroatoms. The minimum atomic E-state index is -1.78. The maximum atomic E-state index is 14.6. The average Bonchev–Trinajstić information content (AvgIpc) is 3.46. The van der Waals surface area contributed by atoms with Crippen LogP contribution in [0.4, 0.5) is 10.5 Å². The van der Waals surface area contributed by atoms with E-state index in [0.29, 0.717) is 22.6 Å². The van der Waals surface area contributed by atoms with E-state index in [2.05, 4.69) is 15.5 Å². The number of barbiturate groups is 1. The van der Waals surface area contributed by atoms with Crippen LogP contribution in [0.25, 0.3) is 10.9 Å². The molecule has 1 aromatic heterocycles. The third-order valence-corrected chi connectivity index (χ3v) is 7.91. The van der Waals surface area contributed by atoms with Crippen LogP contribution >= 0.6 is 0 Å². The van der Waals surface area contributed by atoms with Gasteiger partial charge in [-0.3, -0.25) is 24.5 Å². The number of ether oxygens (including phenoxy) is 2. The van der Waals surface area contributed by atoms with Crippen LogP contribution in [0.1, 0.15) is 28.7 Å². The quantitative estimate of drug-likeness (QED) is 0.388.